The van der Waals surface area contributed by atoms with Crippen molar-refractivity contribution in [2.45, 2.75) is 33.1 Å². The number of aromatic nitrogens is 1. The van der Waals surface area contributed by atoms with Gasteiger partial charge in [0, 0.05) is 31.7 Å². The maximum atomic E-state index is 12.5. The minimum atomic E-state index is -0.110. The second kappa shape index (κ2) is 8.09. The molecule has 5 heteroatoms. The van der Waals surface area contributed by atoms with Crippen LogP contribution in [0.15, 0.2) is 42.6 Å². The average molecular weight is 367 g/mol. The molecule has 5 nitrogen and oxygen atoms in total. The van der Waals surface area contributed by atoms with E-state index in [0.717, 1.165) is 44.2 Å². The van der Waals surface area contributed by atoms with Crippen LogP contribution in [0.1, 0.15) is 43.6 Å². The van der Waals surface area contributed by atoms with Crippen molar-refractivity contribution in [3.05, 3.63) is 53.7 Å². The molecule has 1 amide bonds. The summed E-state index contributed by atoms with van der Waals surface area (Å²) in [5, 5.41) is 2.93. The van der Waals surface area contributed by atoms with Crippen molar-refractivity contribution >= 4 is 17.4 Å². The molecule has 2 aromatic rings. The fraction of sp³-hybridized carbons (Fsp3) is 0.455. The predicted octanol–water partition coefficient (Wildman–Crippen LogP) is 3.77. The number of benzene rings is 1. The van der Waals surface area contributed by atoms with Gasteiger partial charge in [-0.3, -0.25) is 4.79 Å². The number of hydrogen-bond donors (Lipinski definition) is 1. The fourth-order valence-corrected chi connectivity index (χ4v) is 3.27. The standard InChI is InChI=1S/C22H30N4O/c1-5-25-12-14-26(15-13-25)20-11-10-19(16-23-20)24-21(27)17-6-8-18(9-7-17)22(2,3)4/h6-11,16H,5,12-15H2,1-4H3,(H,24,27). The van der Waals surface area contributed by atoms with Crippen LogP contribution in [-0.4, -0.2) is 48.5 Å². The lowest BCUT2D eigenvalue weighted by Gasteiger charge is -2.34. The summed E-state index contributed by atoms with van der Waals surface area (Å²) in [5.41, 5.74) is 2.67. The summed E-state index contributed by atoms with van der Waals surface area (Å²) < 4.78 is 0. The number of hydrogen-bond acceptors (Lipinski definition) is 4. The molecule has 0 unspecified atom stereocenters. The van der Waals surface area contributed by atoms with Gasteiger partial charge in [-0.1, -0.05) is 39.8 Å². The molecular formula is C22H30N4O. The number of amides is 1. The zero-order chi connectivity index (χ0) is 19.4. The monoisotopic (exact) mass is 366 g/mol. The van der Waals surface area contributed by atoms with Gasteiger partial charge in [0.15, 0.2) is 0 Å². The van der Waals surface area contributed by atoms with Crippen LogP contribution >= 0.6 is 0 Å². The lowest BCUT2D eigenvalue weighted by Crippen LogP contribution is -2.46. The van der Waals surface area contributed by atoms with Gasteiger partial charge >= 0.3 is 0 Å². The molecule has 144 valence electrons. The zero-order valence-corrected chi connectivity index (χ0v) is 16.8. The predicted molar refractivity (Wildman–Crippen MR) is 112 cm³/mol. The number of carbonyl (C=O) groups excluding carboxylic acids is 1. The molecule has 0 atom stereocenters. The molecule has 0 aliphatic carbocycles. The van der Waals surface area contributed by atoms with Gasteiger partial charge in [-0.05, 0) is 41.8 Å². The molecule has 0 spiro atoms. The summed E-state index contributed by atoms with van der Waals surface area (Å²) >= 11 is 0. The third kappa shape index (κ3) is 4.86. The van der Waals surface area contributed by atoms with Crippen LogP contribution in [0.5, 0.6) is 0 Å². The Balaban J connectivity index is 1.60. The number of anilines is 2. The Morgan fingerprint density at radius 2 is 1.70 bits per heavy atom. The molecule has 0 bridgehead atoms. The Labute approximate surface area is 162 Å². The third-order valence-electron chi connectivity index (χ3n) is 5.16. The van der Waals surface area contributed by atoms with Crippen molar-refractivity contribution in [1.82, 2.24) is 9.88 Å². The van der Waals surface area contributed by atoms with Crippen LogP contribution in [0, 0.1) is 0 Å². The molecule has 1 fully saturated rings. The second-order valence-electron chi connectivity index (χ2n) is 8.11. The largest absolute Gasteiger partial charge is 0.354 e. The van der Waals surface area contributed by atoms with Gasteiger partial charge in [0.2, 0.25) is 0 Å². The van der Waals surface area contributed by atoms with E-state index in [9.17, 15) is 4.79 Å². The van der Waals surface area contributed by atoms with E-state index in [1.165, 1.54) is 5.56 Å². The Hall–Kier alpha value is -2.40. The van der Waals surface area contributed by atoms with Gasteiger partial charge in [-0.15, -0.1) is 0 Å². The highest BCUT2D eigenvalue weighted by atomic mass is 16.1. The highest BCUT2D eigenvalue weighted by molar-refractivity contribution is 6.04. The molecule has 1 aromatic carbocycles. The van der Waals surface area contributed by atoms with E-state index in [-0.39, 0.29) is 11.3 Å². The highest BCUT2D eigenvalue weighted by Gasteiger charge is 2.17. The van der Waals surface area contributed by atoms with E-state index >= 15 is 0 Å². The smallest absolute Gasteiger partial charge is 0.255 e. The maximum Gasteiger partial charge on any atom is 0.255 e. The molecule has 0 saturated carbocycles. The Morgan fingerprint density at radius 3 is 2.22 bits per heavy atom. The van der Waals surface area contributed by atoms with Crippen LogP contribution in [0.4, 0.5) is 11.5 Å². The Kier molecular flexibility index (Phi) is 5.80. The highest BCUT2D eigenvalue weighted by Crippen LogP contribution is 2.22. The van der Waals surface area contributed by atoms with Crippen LogP contribution in [0.2, 0.25) is 0 Å². The molecule has 1 aliphatic heterocycles. The Morgan fingerprint density at radius 1 is 1.04 bits per heavy atom. The number of pyridine rings is 1. The van der Waals surface area contributed by atoms with E-state index in [0.29, 0.717) is 5.56 Å². The van der Waals surface area contributed by atoms with Crippen LogP contribution in [0.25, 0.3) is 0 Å². The van der Waals surface area contributed by atoms with Crippen LogP contribution < -0.4 is 10.2 Å². The minimum absolute atomic E-state index is 0.0807. The first-order valence-corrected chi connectivity index (χ1v) is 9.72. The summed E-state index contributed by atoms with van der Waals surface area (Å²) in [7, 11) is 0. The minimum Gasteiger partial charge on any atom is -0.354 e. The van der Waals surface area contributed by atoms with Crippen molar-refractivity contribution in [3.63, 3.8) is 0 Å². The summed E-state index contributed by atoms with van der Waals surface area (Å²) in [5.74, 6) is 0.861. The molecule has 1 N–H and O–H groups in total. The van der Waals surface area contributed by atoms with Gasteiger partial charge < -0.3 is 15.1 Å². The van der Waals surface area contributed by atoms with Gasteiger partial charge in [-0.2, -0.15) is 0 Å². The molecule has 1 aliphatic rings. The van der Waals surface area contributed by atoms with E-state index in [1.54, 1.807) is 6.20 Å². The van der Waals surface area contributed by atoms with Crippen LogP contribution in [0.3, 0.4) is 0 Å². The Bertz CT molecular complexity index is 754. The van der Waals surface area contributed by atoms with Crippen molar-refractivity contribution in [1.29, 1.82) is 0 Å². The second-order valence-corrected chi connectivity index (χ2v) is 8.11. The van der Waals surface area contributed by atoms with E-state index in [1.807, 2.05) is 36.4 Å². The lowest BCUT2D eigenvalue weighted by molar-refractivity contribution is 0.102. The molecule has 1 aromatic heterocycles. The topological polar surface area (TPSA) is 48.5 Å². The van der Waals surface area contributed by atoms with Gasteiger partial charge in [0.1, 0.15) is 5.82 Å². The lowest BCUT2D eigenvalue weighted by atomic mass is 9.87. The summed E-state index contributed by atoms with van der Waals surface area (Å²) in [6.07, 6.45) is 1.74. The summed E-state index contributed by atoms with van der Waals surface area (Å²) in [4.78, 5) is 21.8. The fourth-order valence-electron chi connectivity index (χ4n) is 3.27. The zero-order valence-electron chi connectivity index (χ0n) is 16.8. The van der Waals surface area contributed by atoms with Gasteiger partial charge in [-0.25, -0.2) is 4.98 Å². The first kappa shape index (κ1) is 19.4. The van der Waals surface area contributed by atoms with Crippen molar-refractivity contribution in [3.8, 4) is 0 Å². The summed E-state index contributed by atoms with van der Waals surface area (Å²) in [6.45, 7) is 13.9. The third-order valence-corrected chi connectivity index (χ3v) is 5.16. The van der Waals surface area contributed by atoms with Crippen LogP contribution in [-0.2, 0) is 5.41 Å². The number of rotatable bonds is 4. The molecule has 0 radical (unpaired) electrons. The average Bonchev–Trinajstić information content (AvgIpc) is 2.68. The quantitative estimate of drug-likeness (QED) is 0.895. The van der Waals surface area contributed by atoms with Crippen molar-refractivity contribution < 1.29 is 4.79 Å². The van der Waals surface area contributed by atoms with E-state index in [4.69, 9.17) is 0 Å². The van der Waals surface area contributed by atoms with Crippen molar-refractivity contribution in [2.75, 3.05) is 42.9 Å². The normalized spacial score (nSPS) is 15.6. The SMILES string of the molecule is CCN1CCN(c2ccc(NC(=O)c3ccc(C(C)(C)C)cc3)cn2)CC1. The van der Waals surface area contributed by atoms with Gasteiger partial charge in [0.25, 0.3) is 5.91 Å². The number of nitrogens with zero attached hydrogens (tertiary/aromatic N) is 3. The van der Waals surface area contributed by atoms with Gasteiger partial charge in [0.05, 0.1) is 11.9 Å². The number of carbonyl (C=O) groups is 1. The number of likely N-dealkylation sites (N-methyl/N-ethyl adjacent to an activating group) is 1. The molecule has 1 saturated heterocycles. The molecule has 27 heavy (non-hydrogen) atoms. The van der Waals surface area contributed by atoms with E-state index < -0.39 is 0 Å². The number of nitrogens with one attached hydrogen (secondary N) is 1. The maximum absolute atomic E-state index is 12.5. The molecule has 2 heterocycles. The first-order valence-electron chi connectivity index (χ1n) is 9.72. The van der Waals surface area contributed by atoms with E-state index in [2.05, 4.69) is 47.8 Å². The molecule has 3 rings (SSSR count). The summed E-state index contributed by atoms with van der Waals surface area (Å²) in [6, 6.07) is 11.7. The molecular weight excluding hydrogens is 336 g/mol. The first-order chi connectivity index (χ1) is 12.9. The number of piperazine rings is 1. The van der Waals surface area contributed by atoms with Crippen molar-refractivity contribution in [2.24, 2.45) is 0 Å².